The maximum absolute atomic E-state index is 11.4. The van der Waals surface area contributed by atoms with Gasteiger partial charge >= 0.3 is 11.9 Å². The second kappa shape index (κ2) is 6.77. The van der Waals surface area contributed by atoms with E-state index in [4.69, 9.17) is 14.2 Å². The van der Waals surface area contributed by atoms with E-state index in [1.807, 2.05) is 0 Å². The first-order chi connectivity index (χ1) is 12.8. The molecule has 2 aliphatic carbocycles. The van der Waals surface area contributed by atoms with Gasteiger partial charge in [-0.05, 0) is 60.5 Å². The van der Waals surface area contributed by atoms with Gasteiger partial charge in [-0.2, -0.15) is 0 Å². The molecule has 0 aromatic heterocycles. The van der Waals surface area contributed by atoms with E-state index in [1.165, 1.54) is 12.5 Å². The van der Waals surface area contributed by atoms with Crippen LogP contribution in [0.15, 0.2) is 23.3 Å². The van der Waals surface area contributed by atoms with Gasteiger partial charge in [0.05, 0.1) is 12.7 Å². The van der Waals surface area contributed by atoms with Crippen LogP contribution in [0.2, 0.25) is 0 Å². The molecule has 0 unspecified atom stereocenters. The van der Waals surface area contributed by atoms with E-state index in [0.29, 0.717) is 25.0 Å². The molecule has 5 heteroatoms. The van der Waals surface area contributed by atoms with Crippen LogP contribution in [0, 0.1) is 22.7 Å². The zero-order valence-corrected chi connectivity index (χ0v) is 16.6. The molecule has 0 radical (unpaired) electrons. The Balaban J connectivity index is 1.58. The Morgan fingerprint density at radius 1 is 1.41 bits per heavy atom. The largest absolute Gasteiger partial charge is 0.461 e. The summed E-state index contributed by atoms with van der Waals surface area (Å²) in [6, 6.07) is 0. The van der Waals surface area contributed by atoms with Gasteiger partial charge in [0.15, 0.2) is 0 Å². The van der Waals surface area contributed by atoms with Gasteiger partial charge in [-0.1, -0.05) is 19.9 Å². The first-order valence-corrected chi connectivity index (χ1v) is 10.2. The highest BCUT2D eigenvalue weighted by molar-refractivity contribution is 5.85. The molecule has 27 heavy (non-hydrogen) atoms. The van der Waals surface area contributed by atoms with E-state index in [2.05, 4.69) is 19.9 Å². The second-order valence-corrected chi connectivity index (χ2v) is 9.12. The number of hydrogen-bond donors (Lipinski definition) is 0. The second-order valence-electron chi connectivity index (χ2n) is 9.12. The van der Waals surface area contributed by atoms with Crippen molar-refractivity contribution in [2.75, 3.05) is 19.8 Å². The molecule has 2 fully saturated rings. The zero-order valence-electron chi connectivity index (χ0n) is 16.6. The summed E-state index contributed by atoms with van der Waals surface area (Å²) in [6.07, 6.45) is 9.25. The highest BCUT2D eigenvalue weighted by Gasteiger charge is 2.60. The molecule has 148 valence electrons. The van der Waals surface area contributed by atoms with Crippen molar-refractivity contribution in [2.45, 2.75) is 59.0 Å². The van der Waals surface area contributed by atoms with E-state index in [0.717, 1.165) is 44.3 Å². The molecule has 1 saturated carbocycles. The predicted molar refractivity (Wildman–Crippen MR) is 99.8 cm³/mol. The van der Waals surface area contributed by atoms with E-state index < -0.39 is 0 Å². The molecule has 5 nitrogen and oxygen atoms in total. The first-order valence-electron chi connectivity index (χ1n) is 10.2. The first kappa shape index (κ1) is 18.7. The molecule has 1 spiro atoms. The molecule has 0 aromatic carbocycles. The van der Waals surface area contributed by atoms with Crippen molar-refractivity contribution in [1.82, 2.24) is 0 Å². The molecule has 5 aliphatic rings. The summed E-state index contributed by atoms with van der Waals surface area (Å²) in [6.45, 7) is 7.84. The predicted octanol–water partition coefficient (Wildman–Crippen LogP) is 3.58. The number of esters is 2. The van der Waals surface area contributed by atoms with Crippen LogP contribution >= 0.6 is 0 Å². The molecule has 0 amide bonds. The zero-order chi connectivity index (χ0) is 19.2. The van der Waals surface area contributed by atoms with Crippen LogP contribution in [0.1, 0.15) is 52.9 Å². The molecular formula is C22H30O5. The molecular weight excluding hydrogens is 344 g/mol. The van der Waals surface area contributed by atoms with Crippen molar-refractivity contribution in [3.63, 3.8) is 0 Å². The van der Waals surface area contributed by atoms with Gasteiger partial charge in [-0.3, -0.25) is 4.79 Å². The van der Waals surface area contributed by atoms with Crippen LogP contribution in [0.4, 0.5) is 0 Å². The third kappa shape index (κ3) is 3.14. The van der Waals surface area contributed by atoms with Crippen molar-refractivity contribution < 1.29 is 23.8 Å². The summed E-state index contributed by atoms with van der Waals surface area (Å²) in [4.78, 5) is 22.8. The number of rotatable bonds is 5. The average Bonchev–Trinajstić information content (AvgIpc) is 3.07. The fourth-order valence-corrected chi connectivity index (χ4v) is 5.94. The number of fused-ring (bicyclic) bond motifs is 1. The monoisotopic (exact) mass is 374 g/mol. The van der Waals surface area contributed by atoms with Crippen molar-refractivity contribution in [3.8, 4) is 0 Å². The summed E-state index contributed by atoms with van der Waals surface area (Å²) < 4.78 is 16.6. The van der Waals surface area contributed by atoms with E-state index in [1.54, 1.807) is 6.08 Å². The van der Waals surface area contributed by atoms with Gasteiger partial charge in [-0.25, -0.2) is 4.79 Å². The van der Waals surface area contributed by atoms with Gasteiger partial charge in [0.1, 0.15) is 13.2 Å². The van der Waals surface area contributed by atoms with Crippen LogP contribution in [0.25, 0.3) is 0 Å². The minimum absolute atomic E-state index is 0.0121. The van der Waals surface area contributed by atoms with Crippen LogP contribution in [0.3, 0.4) is 0 Å². The van der Waals surface area contributed by atoms with Crippen molar-refractivity contribution >= 4 is 11.9 Å². The highest BCUT2D eigenvalue weighted by atomic mass is 16.5. The van der Waals surface area contributed by atoms with Crippen LogP contribution < -0.4 is 0 Å². The Bertz CT molecular complexity index is 707. The van der Waals surface area contributed by atoms with Gasteiger partial charge in [0, 0.05) is 18.4 Å². The Kier molecular flexibility index (Phi) is 4.69. The minimum Gasteiger partial charge on any atom is -0.461 e. The quantitative estimate of drug-likeness (QED) is 0.544. The van der Waals surface area contributed by atoms with Crippen LogP contribution in [-0.4, -0.2) is 37.9 Å². The third-order valence-corrected chi connectivity index (χ3v) is 7.80. The van der Waals surface area contributed by atoms with Crippen molar-refractivity contribution in [2.24, 2.45) is 22.7 Å². The number of carbonyl (C=O) groups is 2. The Hall–Kier alpha value is -1.62. The van der Waals surface area contributed by atoms with Crippen LogP contribution in [0.5, 0.6) is 0 Å². The normalized spacial score (nSPS) is 40.1. The SMILES string of the molecule is CC(=O)OCC1=C[C@@H]2C[C@@H]3[C@]1(CC[C@H](C)[C@@]3(C)CCC1=CC(=O)OC1)CO2. The topological polar surface area (TPSA) is 61.8 Å². The highest BCUT2D eigenvalue weighted by Crippen LogP contribution is 2.64. The molecule has 3 aliphatic heterocycles. The lowest BCUT2D eigenvalue weighted by molar-refractivity contribution is -0.167. The lowest BCUT2D eigenvalue weighted by Gasteiger charge is -2.62. The molecule has 1 saturated heterocycles. The number of hydrogen-bond acceptors (Lipinski definition) is 5. The average molecular weight is 374 g/mol. The van der Waals surface area contributed by atoms with E-state index >= 15 is 0 Å². The van der Waals surface area contributed by atoms with Crippen molar-refractivity contribution in [1.29, 1.82) is 0 Å². The Labute approximate surface area is 161 Å². The molecule has 5 rings (SSSR count). The molecule has 3 heterocycles. The Morgan fingerprint density at radius 3 is 2.93 bits per heavy atom. The smallest absolute Gasteiger partial charge is 0.331 e. The molecule has 0 N–H and O–H groups in total. The summed E-state index contributed by atoms with van der Waals surface area (Å²) in [5.74, 6) is 0.693. The van der Waals surface area contributed by atoms with E-state index in [-0.39, 0.29) is 28.9 Å². The fraction of sp³-hybridized carbons (Fsp3) is 0.727. The lowest BCUT2D eigenvalue weighted by atomic mass is 9.45. The summed E-state index contributed by atoms with van der Waals surface area (Å²) in [5, 5.41) is 0. The van der Waals surface area contributed by atoms with Crippen molar-refractivity contribution in [3.05, 3.63) is 23.3 Å². The van der Waals surface area contributed by atoms with Gasteiger partial charge in [0.2, 0.25) is 0 Å². The standard InChI is InChI=1S/C22H30O5/c1-14-4-7-22-13-27-18(9-17(22)12-25-15(2)23)10-19(22)21(14,3)6-5-16-8-20(24)26-11-16/h8-9,14,18-19H,4-7,10-13H2,1-3H3/t14-,18+,19-,21+,22+/m0/s1. The lowest BCUT2D eigenvalue weighted by Crippen LogP contribution is -2.59. The van der Waals surface area contributed by atoms with Gasteiger partial charge in [0.25, 0.3) is 0 Å². The summed E-state index contributed by atoms with van der Waals surface area (Å²) in [5.41, 5.74) is 2.53. The van der Waals surface area contributed by atoms with Gasteiger partial charge < -0.3 is 14.2 Å². The van der Waals surface area contributed by atoms with Gasteiger partial charge in [-0.15, -0.1) is 0 Å². The summed E-state index contributed by atoms with van der Waals surface area (Å²) in [7, 11) is 0. The maximum atomic E-state index is 11.4. The van der Waals surface area contributed by atoms with E-state index in [9.17, 15) is 9.59 Å². The molecule has 2 bridgehead atoms. The summed E-state index contributed by atoms with van der Waals surface area (Å²) >= 11 is 0. The Morgan fingerprint density at radius 2 is 2.22 bits per heavy atom. The third-order valence-electron chi connectivity index (χ3n) is 7.80. The number of carbonyl (C=O) groups excluding carboxylic acids is 2. The van der Waals surface area contributed by atoms with Crippen LogP contribution in [-0.2, 0) is 23.8 Å². The minimum atomic E-state index is -0.226. The fourth-order valence-electron chi connectivity index (χ4n) is 5.94. The molecule has 5 atom stereocenters. The number of ether oxygens (including phenoxy) is 3. The number of cyclic esters (lactones) is 1. The molecule has 0 aromatic rings. The maximum Gasteiger partial charge on any atom is 0.331 e.